The van der Waals surface area contributed by atoms with Gasteiger partial charge in [0.25, 0.3) is 0 Å². The molecule has 0 fully saturated rings. The topological polar surface area (TPSA) is 58.8 Å². The number of fused-ring (bicyclic) bond motifs is 1. The molecule has 5 nitrogen and oxygen atoms in total. The third-order valence-corrected chi connectivity index (χ3v) is 3.88. The smallest absolute Gasteiger partial charge is 0.191 e. The third kappa shape index (κ3) is 6.86. The molecule has 6 heteroatoms. The van der Waals surface area contributed by atoms with Gasteiger partial charge in [0.15, 0.2) is 5.96 Å². The number of para-hydroxylation sites is 1. The number of furan rings is 1. The van der Waals surface area contributed by atoms with E-state index in [0.29, 0.717) is 6.54 Å². The van der Waals surface area contributed by atoms with E-state index in [1.807, 2.05) is 25.1 Å². The van der Waals surface area contributed by atoms with Crippen LogP contribution in [0.2, 0.25) is 0 Å². The van der Waals surface area contributed by atoms with Crippen LogP contribution in [0.3, 0.4) is 0 Å². The highest BCUT2D eigenvalue weighted by atomic mass is 127. The van der Waals surface area contributed by atoms with E-state index in [0.717, 1.165) is 61.8 Å². The van der Waals surface area contributed by atoms with Crippen molar-refractivity contribution in [1.82, 2.24) is 10.6 Å². The summed E-state index contributed by atoms with van der Waals surface area (Å²) in [7, 11) is 0. The van der Waals surface area contributed by atoms with Crippen molar-refractivity contribution in [3.8, 4) is 0 Å². The van der Waals surface area contributed by atoms with Gasteiger partial charge in [-0.1, -0.05) is 18.2 Å². The van der Waals surface area contributed by atoms with Gasteiger partial charge >= 0.3 is 0 Å². The largest absolute Gasteiger partial charge is 0.459 e. The van der Waals surface area contributed by atoms with E-state index in [9.17, 15) is 0 Å². The van der Waals surface area contributed by atoms with Gasteiger partial charge in [-0.25, -0.2) is 4.99 Å². The lowest BCUT2D eigenvalue weighted by atomic mass is 10.1. The predicted molar refractivity (Wildman–Crippen MR) is 115 cm³/mol. The van der Waals surface area contributed by atoms with Crippen LogP contribution in [0, 0.1) is 6.92 Å². The minimum Gasteiger partial charge on any atom is -0.459 e. The molecule has 1 heterocycles. The number of rotatable bonds is 9. The molecular weight excluding hydrogens is 429 g/mol. The summed E-state index contributed by atoms with van der Waals surface area (Å²) in [6, 6.07) is 8.11. The maximum atomic E-state index is 5.92. The summed E-state index contributed by atoms with van der Waals surface area (Å²) in [5.74, 6) is 1.75. The zero-order valence-corrected chi connectivity index (χ0v) is 17.8. The molecule has 2 aromatic rings. The molecule has 0 aliphatic rings. The van der Waals surface area contributed by atoms with Crippen molar-refractivity contribution in [2.24, 2.45) is 4.99 Å². The summed E-state index contributed by atoms with van der Waals surface area (Å²) in [5.41, 5.74) is 2.09. The van der Waals surface area contributed by atoms with Gasteiger partial charge in [-0.3, -0.25) is 0 Å². The van der Waals surface area contributed by atoms with Gasteiger partial charge in [0.2, 0.25) is 0 Å². The molecule has 2 N–H and O–H groups in total. The number of halogens is 1. The Morgan fingerprint density at radius 2 is 1.96 bits per heavy atom. The molecule has 2 rings (SSSR count). The Morgan fingerprint density at radius 1 is 1.16 bits per heavy atom. The minimum atomic E-state index is 0. The zero-order valence-electron chi connectivity index (χ0n) is 15.4. The van der Waals surface area contributed by atoms with Crippen molar-refractivity contribution >= 4 is 40.9 Å². The normalized spacial score (nSPS) is 11.4. The number of guanidine groups is 1. The Bertz CT molecular complexity index is 655. The summed E-state index contributed by atoms with van der Waals surface area (Å²) in [4.78, 5) is 4.64. The van der Waals surface area contributed by atoms with E-state index in [1.165, 1.54) is 5.56 Å². The van der Waals surface area contributed by atoms with Crippen LogP contribution in [0.25, 0.3) is 11.0 Å². The fourth-order valence-electron chi connectivity index (χ4n) is 2.55. The SMILES string of the molecule is CCNC(=NCc1oc2ccccc2c1C)NCCCCOCC.I. The molecule has 0 spiro atoms. The van der Waals surface area contributed by atoms with Crippen molar-refractivity contribution < 1.29 is 9.15 Å². The fourth-order valence-corrected chi connectivity index (χ4v) is 2.55. The number of aliphatic imine (C=N–C) groups is 1. The molecule has 0 aliphatic carbocycles. The van der Waals surface area contributed by atoms with Crippen LogP contribution >= 0.6 is 24.0 Å². The number of benzene rings is 1. The monoisotopic (exact) mass is 459 g/mol. The number of nitrogens with zero attached hydrogens (tertiary/aromatic N) is 1. The number of aryl methyl sites for hydroxylation is 1. The van der Waals surface area contributed by atoms with Gasteiger partial charge in [0.05, 0.1) is 0 Å². The third-order valence-electron chi connectivity index (χ3n) is 3.88. The van der Waals surface area contributed by atoms with Crippen molar-refractivity contribution in [1.29, 1.82) is 0 Å². The highest BCUT2D eigenvalue weighted by molar-refractivity contribution is 14.0. The van der Waals surface area contributed by atoms with Crippen LogP contribution in [0.1, 0.15) is 38.0 Å². The van der Waals surface area contributed by atoms with Crippen LogP contribution in [0.15, 0.2) is 33.7 Å². The molecule has 0 atom stereocenters. The highest BCUT2D eigenvalue weighted by Gasteiger charge is 2.09. The van der Waals surface area contributed by atoms with Gasteiger partial charge in [-0.15, -0.1) is 24.0 Å². The molecule has 0 saturated heterocycles. The van der Waals surface area contributed by atoms with E-state index < -0.39 is 0 Å². The average molecular weight is 459 g/mol. The molecule has 1 aromatic carbocycles. The number of hydrogen-bond acceptors (Lipinski definition) is 3. The van der Waals surface area contributed by atoms with Gasteiger partial charge < -0.3 is 19.8 Å². The van der Waals surface area contributed by atoms with E-state index in [1.54, 1.807) is 0 Å². The second-order valence-corrected chi connectivity index (χ2v) is 5.67. The first-order valence-corrected chi connectivity index (χ1v) is 8.83. The van der Waals surface area contributed by atoms with Crippen LogP contribution in [-0.4, -0.2) is 32.3 Å². The van der Waals surface area contributed by atoms with Crippen LogP contribution < -0.4 is 10.6 Å². The van der Waals surface area contributed by atoms with Crippen molar-refractivity contribution in [2.75, 3.05) is 26.3 Å². The van der Waals surface area contributed by atoms with Crippen molar-refractivity contribution in [3.05, 3.63) is 35.6 Å². The Labute approximate surface area is 167 Å². The van der Waals surface area contributed by atoms with Gasteiger partial charge in [-0.05, 0) is 39.7 Å². The maximum absolute atomic E-state index is 5.92. The Morgan fingerprint density at radius 3 is 2.68 bits per heavy atom. The summed E-state index contributed by atoms with van der Waals surface area (Å²) in [5, 5.41) is 7.80. The van der Waals surface area contributed by atoms with Crippen LogP contribution in [0.4, 0.5) is 0 Å². The molecule has 0 radical (unpaired) electrons. The summed E-state index contributed by atoms with van der Waals surface area (Å²) in [6.45, 7) is 10.0. The van der Waals surface area contributed by atoms with E-state index >= 15 is 0 Å². The molecule has 0 amide bonds. The molecule has 0 unspecified atom stereocenters. The van der Waals surface area contributed by atoms with E-state index in [-0.39, 0.29) is 24.0 Å². The van der Waals surface area contributed by atoms with Crippen molar-refractivity contribution in [3.63, 3.8) is 0 Å². The van der Waals surface area contributed by atoms with Gasteiger partial charge in [-0.2, -0.15) is 0 Å². The lowest BCUT2D eigenvalue weighted by Gasteiger charge is -2.11. The Balaban J connectivity index is 0.00000312. The molecule has 0 saturated carbocycles. The summed E-state index contributed by atoms with van der Waals surface area (Å²) >= 11 is 0. The van der Waals surface area contributed by atoms with Gasteiger partial charge in [0.1, 0.15) is 17.9 Å². The molecule has 25 heavy (non-hydrogen) atoms. The Kier molecular flexibility index (Phi) is 10.6. The van der Waals surface area contributed by atoms with E-state index in [4.69, 9.17) is 9.15 Å². The molecule has 140 valence electrons. The van der Waals surface area contributed by atoms with Crippen molar-refractivity contribution in [2.45, 2.75) is 40.2 Å². The number of nitrogens with one attached hydrogen (secondary N) is 2. The summed E-state index contributed by atoms with van der Waals surface area (Å²) in [6.07, 6.45) is 2.12. The second kappa shape index (κ2) is 12.1. The molecule has 0 aliphatic heterocycles. The second-order valence-electron chi connectivity index (χ2n) is 5.67. The van der Waals surface area contributed by atoms with Crippen LogP contribution in [0.5, 0.6) is 0 Å². The highest BCUT2D eigenvalue weighted by Crippen LogP contribution is 2.25. The number of hydrogen-bond donors (Lipinski definition) is 2. The predicted octanol–water partition coefficient (Wildman–Crippen LogP) is 4.23. The standard InChI is InChI=1S/C19H29N3O2.HI/c1-4-20-19(21-12-8-9-13-23-5-2)22-14-18-15(3)16-10-6-7-11-17(16)24-18;/h6-7,10-11H,4-5,8-9,12-14H2,1-3H3,(H2,20,21,22);1H. The lowest BCUT2D eigenvalue weighted by Crippen LogP contribution is -2.37. The maximum Gasteiger partial charge on any atom is 0.191 e. The summed E-state index contributed by atoms with van der Waals surface area (Å²) < 4.78 is 11.3. The fraction of sp³-hybridized carbons (Fsp3) is 0.526. The van der Waals surface area contributed by atoms with E-state index in [2.05, 4.69) is 35.5 Å². The number of ether oxygens (including phenoxy) is 1. The lowest BCUT2D eigenvalue weighted by molar-refractivity contribution is 0.143. The number of unbranched alkanes of at least 4 members (excludes halogenated alkanes) is 1. The Hall–Kier alpha value is -1.28. The first-order chi connectivity index (χ1) is 11.8. The average Bonchev–Trinajstić information content (AvgIpc) is 2.92. The van der Waals surface area contributed by atoms with Gasteiger partial charge in [0, 0.05) is 37.3 Å². The first-order valence-electron chi connectivity index (χ1n) is 8.83. The first kappa shape index (κ1) is 21.8. The van der Waals surface area contributed by atoms with Crippen LogP contribution in [-0.2, 0) is 11.3 Å². The quantitative estimate of drug-likeness (QED) is 0.255. The molecular formula is C19H30IN3O2. The minimum absolute atomic E-state index is 0. The molecule has 0 bridgehead atoms. The molecule has 1 aromatic heterocycles. The zero-order chi connectivity index (χ0) is 17.2.